The van der Waals surface area contributed by atoms with Crippen molar-refractivity contribution in [2.24, 2.45) is 0 Å². The maximum atomic E-state index is 5.82. The summed E-state index contributed by atoms with van der Waals surface area (Å²) in [5.74, 6) is 1.01. The van der Waals surface area contributed by atoms with E-state index in [-0.39, 0.29) is 11.1 Å². The van der Waals surface area contributed by atoms with Crippen LogP contribution in [0.25, 0.3) is 11.3 Å². The third kappa shape index (κ3) is 2.01. The number of hydrogen-bond donors (Lipinski definition) is 0. The van der Waals surface area contributed by atoms with Gasteiger partial charge in [-0.05, 0) is 23.7 Å². The van der Waals surface area contributed by atoms with Crippen molar-refractivity contribution in [3.05, 3.63) is 35.0 Å². The highest BCUT2D eigenvalue weighted by Crippen LogP contribution is 2.31. The maximum absolute atomic E-state index is 5.82. The average molecular weight is 258 g/mol. The minimum atomic E-state index is 0.229. The van der Waals surface area contributed by atoms with Crippen molar-refractivity contribution in [3.8, 4) is 17.0 Å². The molecule has 16 heavy (non-hydrogen) atoms. The van der Waals surface area contributed by atoms with E-state index in [1.165, 1.54) is 0 Å². The molecule has 1 heterocycles. The number of hydrogen-bond acceptors (Lipinski definition) is 3. The van der Waals surface area contributed by atoms with Gasteiger partial charge in [0.2, 0.25) is 5.22 Å². The predicted molar refractivity (Wildman–Crippen MR) is 63.1 cm³/mol. The van der Waals surface area contributed by atoms with Crippen LogP contribution in [0, 0.1) is 0 Å². The van der Waals surface area contributed by atoms with Crippen molar-refractivity contribution < 1.29 is 9.26 Å². The second kappa shape index (κ2) is 4.76. The zero-order valence-electron chi connectivity index (χ0n) is 8.54. The molecule has 2 rings (SSSR count). The predicted octanol–water partition coefficient (Wildman–Crippen LogP) is 3.74. The quantitative estimate of drug-likeness (QED) is 0.786. The fourth-order valence-electron chi connectivity index (χ4n) is 1.40. The van der Waals surface area contributed by atoms with Gasteiger partial charge in [0.25, 0.3) is 0 Å². The number of alkyl halides is 1. The highest BCUT2D eigenvalue weighted by atomic mass is 35.5. The number of ether oxygens (including phenoxy) is 1. The average Bonchev–Trinajstić information content (AvgIpc) is 2.70. The van der Waals surface area contributed by atoms with Crippen LogP contribution < -0.4 is 4.74 Å². The van der Waals surface area contributed by atoms with Crippen LogP contribution >= 0.6 is 23.2 Å². The summed E-state index contributed by atoms with van der Waals surface area (Å²) in [6.45, 7) is 0. The molecule has 1 aromatic carbocycles. The first-order valence-corrected chi connectivity index (χ1v) is 5.52. The van der Waals surface area contributed by atoms with Crippen LogP contribution in [0.5, 0.6) is 5.75 Å². The Kier molecular flexibility index (Phi) is 3.36. The summed E-state index contributed by atoms with van der Waals surface area (Å²) < 4.78 is 10.0. The fraction of sp³-hybridized carbons (Fsp3) is 0.182. The molecular formula is C11H9Cl2NO2. The zero-order chi connectivity index (χ0) is 11.5. The van der Waals surface area contributed by atoms with Crippen molar-refractivity contribution in [2.75, 3.05) is 7.11 Å². The standard InChI is InChI=1S/C11H9Cl2NO2/c1-15-8-4-2-3-7(5-8)10-9(6-12)11(13)16-14-10/h2-5H,6H2,1H3. The molecule has 5 heteroatoms. The van der Waals surface area contributed by atoms with E-state index >= 15 is 0 Å². The first-order chi connectivity index (χ1) is 7.76. The molecule has 0 fully saturated rings. The lowest BCUT2D eigenvalue weighted by Gasteiger charge is -2.02. The second-order valence-electron chi connectivity index (χ2n) is 3.15. The van der Waals surface area contributed by atoms with Gasteiger partial charge in [0.15, 0.2) is 0 Å². The number of halogens is 2. The summed E-state index contributed by atoms with van der Waals surface area (Å²) in [5, 5.41) is 4.11. The molecule has 0 spiro atoms. The van der Waals surface area contributed by atoms with Gasteiger partial charge in [0.05, 0.1) is 18.6 Å². The molecule has 0 saturated carbocycles. The van der Waals surface area contributed by atoms with Gasteiger partial charge in [-0.3, -0.25) is 0 Å². The molecule has 0 aliphatic rings. The molecule has 3 nitrogen and oxygen atoms in total. The molecule has 2 aromatic rings. The summed E-state index contributed by atoms with van der Waals surface area (Å²) >= 11 is 11.6. The van der Waals surface area contributed by atoms with Crippen LogP contribution in [-0.4, -0.2) is 12.3 Å². The number of aromatic nitrogens is 1. The van der Waals surface area contributed by atoms with E-state index in [2.05, 4.69) is 5.16 Å². The summed E-state index contributed by atoms with van der Waals surface area (Å²) in [7, 11) is 1.61. The Labute approximate surface area is 103 Å². The van der Waals surface area contributed by atoms with Gasteiger partial charge in [-0.2, -0.15) is 0 Å². The van der Waals surface area contributed by atoms with Crippen LogP contribution in [0.1, 0.15) is 5.56 Å². The number of methoxy groups -OCH3 is 1. The summed E-state index contributed by atoms with van der Waals surface area (Å²) in [4.78, 5) is 0. The first-order valence-electron chi connectivity index (χ1n) is 4.60. The SMILES string of the molecule is COc1cccc(-c2noc(Cl)c2CCl)c1. The van der Waals surface area contributed by atoms with Crippen molar-refractivity contribution in [2.45, 2.75) is 5.88 Å². The van der Waals surface area contributed by atoms with Gasteiger partial charge >= 0.3 is 0 Å². The Hall–Kier alpha value is -1.19. The first kappa shape index (κ1) is 11.3. The van der Waals surface area contributed by atoms with Gasteiger partial charge < -0.3 is 9.26 Å². The lowest BCUT2D eigenvalue weighted by Crippen LogP contribution is -1.86. The van der Waals surface area contributed by atoms with E-state index in [0.29, 0.717) is 11.3 Å². The van der Waals surface area contributed by atoms with Gasteiger partial charge in [-0.15, -0.1) is 11.6 Å². The normalized spacial score (nSPS) is 10.4. The van der Waals surface area contributed by atoms with E-state index in [0.717, 1.165) is 11.3 Å². The van der Waals surface area contributed by atoms with Crippen molar-refractivity contribution in [1.82, 2.24) is 5.16 Å². The minimum absolute atomic E-state index is 0.229. The van der Waals surface area contributed by atoms with Crippen LogP contribution in [0.2, 0.25) is 5.22 Å². The monoisotopic (exact) mass is 257 g/mol. The molecular weight excluding hydrogens is 249 g/mol. The molecule has 0 aliphatic carbocycles. The van der Waals surface area contributed by atoms with Crippen LogP contribution in [0.3, 0.4) is 0 Å². The lowest BCUT2D eigenvalue weighted by atomic mass is 10.1. The number of nitrogens with zero attached hydrogens (tertiary/aromatic N) is 1. The van der Waals surface area contributed by atoms with E-state index in [4.69, 9.17) is 32.5 Å². The molecule has 0 radical (unpaired) electrons. The molecule has 0 bridgehead atoms. The van der Waals surface area contributed by atoms with Gasteiger partial charge in [0, 0.05) is 5.56 Å². The zero-order valence-corrected chi connectivity index (χ0v) is 10.0. The Balaban J connectivity index is 2.49. The smallest absolute Gasteiger partial charge is 0.231 e. The molecule has 0 N–H and O–H groups in total. The second-order valence-corrected chi connectivity index (χ2v) is 3.76. The summed E-state index contributed by atoms with van der Waals surface area (Å²) in [6.07, 6.45) is 0. The fourth-order valence-corrected chi connectivity index (χ4v) is 1.91. The summed E-state index contributed by atoms with van der Waals surface area (Å²) in [5.41, 5.74) is 2.21. The Bertz CT molecular complexity index is 496. The number of benzene rings is 1. The minimum Gasteiger partial charge on any atom is -0.497 e. The van der Waals surface area contributed by atoms with Crippen LogP contribution in [-0.2, 0) is 5.88 Å². The van der Waals surface area contributed by atoms with Crippen LogP contribution in [0.15, 0.2) is 28.8 Å². The van der Waals surface area contributed by atoms with Gasteiger partial charge in [0.1, 0.15) is 11.4 Å². The third-order valence-electron chi connectivity index (χ3n) is 2.22. The van der Waals surface area contributed by atoms with E-state index in [9.17, 15) is 0 Å². The van der Waals surface area contributed by atoms with E-state index in [1.807, 2.05) is 24.3 Å². The van der Waals surface area contributed by atoms with Crippen molar-refractivity contribution >= 4 is 23.2 Å². The number of rotatable bonds is 3. The van der Waals surface area contributed by atoms with Gasteiger partial charge in [-0.25, -0.2) is 0 Å². The molecule has 0 saturated heterocycles. The molecule has 0 unspecified atom stereocenters. The molecule has 0 amide bonds. The largest absolute Gasteiger partial charge is 0.497 e. The molecule has 1 aromatic heterocycles. The highest BCUT2D eigenvalue weighted by molar-refractivity contribution is 6.31. The maximum Gasteiger partial charge on any atom is 0.231 e. The summed E-state index contributed by atoms with van der Waals surface area (Å²) in [6, 6.07) is 7.47. The molecule has 84 valence electrons. The van der Waals surface area contributed by atoms with E-state index in [1.54, 1.807) is 7.11 Å². The lowest BCUT2D eigenvalue weighted by molar-refractivity contribution is 0.414. The topological polar surface area (TPSA) is 35.3 Å². The van der Waals surface area contributed by atoms with Crippen molar-refractivity contribution in [3.63, 3.8) is 0 Å². The van der Waals surface area contributed by atoms with E-state index < -0.39 is 0 Å². The Morgan fingerprint density at radius 2 is 2.25 bits per heavy atom. The van der Waals surface area contributed by atoms with Crippen molar-refractivity contribution in [1.29, 1.82) is 0 Å². The van der Waals surface area contributed by atoms with Gasteiger partial charge in [-0.1, -0.05) is 17.3 Å². The van der Waals surface area contributed by atoms with Crippen LogP contribution in [0.4, 0.5) is 0 Å². The highest BCUT2D eigenvalue weighted by Gasteiger charge is 2.15. The Morgan fingerprint density at radius 3 is 2.94 bits per heavy atom. The Morgan fingerprint density at radius 1 is 1.44 bits per heavy atom. The third-order valence-corrected chi connectivity index (χ3v) is 2.78. The molecule has 0 aliphatic heterocycles. The molecule has 0 atom stereocenters.